The second kappa shape index (κ2) is 12.1. The Bertz CT molecular complexity index is 1410. The van der Waals surface area contributed by atoms with Crippen molar-refractivity contribution in [3.63, 3.8) is 0 Å². The van der Waals surface area contributed by atoms with E-state index in [1.54, 1.807) is 47.4 Å². The van der Waals surface area contributed by atoms with Gasteiger partial charge in [-0.05, 0) is 71.8 Å². The predicted octanol–water partition coefficient (Wildman–Crippen LogP) is 8.36. The maximum Gasteiger partial charge on any atom is 0.266 e. The molecular formula is C28H22Cl3N3O2S. The van der Waals surface area contributed by atoms with Gasteiger partial charge >= 0.3 is 0 Å². The van der Waals surface area contributed by atoms with Crippen molar-refractivity contribution in [3.05, 3.63) is 97.3 Å². The molecule has 1 aliphatic heterocycles. The van der Waals surface area contributed by atoms with Crippen LogP contribution >= 0.6 is 46.6 Å². The second-order valence-corrected chi connectivity index (χ2v) is 10.9. The largest absolute Gasteiger partial charge is 0.486 e. The Morgan fingerprint density at radius 3 is 2.41 bits per heavy atom. The summed E-state index contributed by atoms with van der Waals surface area (Å²) in [4.78, 5) is 20.2. The number of hydrogen-bond donors (Lipinski definition) is 0. The van der Waals surface area contributed by atoms with Gasteiger partial charge in [0.1, 0.15) is 6.61 Å². The first-order valence-corrected chi connectivity index (χ1v) is 13.4. The van der Waals surface area contributed by atoms with Crippen LogP contribution in [0.5, 0.6) is 5.75 Å². The number of benzene rings is 3. The minimum atomic E-state index is -0.132. The van der Waals surface area contributed by atoms with Crippen LogP contribution in [-0.2, 0) is 11.4 Å². The first-order valence-electron chi connectivity index (χ1n) is 11.4. The molecule has 37 heavy (non-hydrogen) atoms. The quantitative estimate of drug-likeness (QED) is 0.268. The van der Waals surface area contributed by atoms with Crippen LogP contribution in [0.2, 0.25) is 15.1 Å². The van der Waals surface area contributed by atoms with Gasteiger partial charge in [-0.15, -0.1) is 0 Å². The zero-order valence-corrected chi connectivity index (χ0v) is 23.1. The maximum absolute atomic E-state index is 13.3. The molecule has 3 aromatic rings. The summed E-state index contributed by atoms with van der Waals surface area (Å²) in [6.07, 6.45) is 1.75. The van der Waals surface area contributed by atoms with E-state index in [-0.39, 0.29) is 18.4 Å². The van der Waals surface area contributed by atoms with Gasteiger partial charge in [0.15, 0.2) is 10.9 Å². The third kappa shape index (κ3) is 6.68. The van der Waals surface area contributed by atoms with Crippen LogP contribution in [0.3, 0.4) is 0 Å². The normalized spacial score (nSPS) is 15.6. The molecule has 0 saturated carbocycles. The number of carbonyl (C=O) groups excluding carboxylic acids is 1. The molecule has 0 N–H and O–H groups in total. The molecule has 1 saturated heterocycles. The number of halogens is 3. The Labute approximate surface area is 235 Å². The molecule has 0 unspecified atom stereocenters. The molecule has 0 bridgehead atoms. The zero-order valence-electron chi connectivity index (χ0n) is 20.0. The van der Waals surface area contributed by atoms with Gasteiger partial charge in [-0.25, -0.2) is 4.99 Å². The predicted molar refractivity (Wildman–Crippen MR) is 153 cm³/mol. The molecule has 0 spiro atoms. The molecule has 9 heteroatoms. The third-order valence-electron chi connectivity index (χ3n) is 5.32. The number of amides is 1. The van der Waals surface area contributed by atoms with Crippen LogP contribution in [-0.4, -0.2) is 22.5 Å². The first kappa shape index (κ1) is 27.1. The van der Waals surface area contributed by atoms with Crippen molar-refractivity contribution in [1.82, 2.24) is 4.90 Å². The molecule has 1 amide bonds. The van der Waals surface area contributed by atoms with Crippen molar-refractivity contribution in [3.8, 4) is 11.8 Å². The van der Waals surface area contributed by atoms with Gasteiger partial charge < -0.3 is 4.74 Å². The summed E-state index contributed by atoms with van der Waals surface area (Å²) in [5.74, 6) is 0.438. The number of nitrogens with zero attached hydrogens (tertiary/aromatic N) is 3. The molecule has 0 aromatic heterocycles. The number of hydrogen-bond acceptors (Lipinski definition) is 5. The van der Waals surface area contributed by atoms with Gasteiger partial charge in [0.05, 0.1) is 32.3 Å². The summed E-state index contributed by atoms with van der Waals surface area (Å²) in [5, 5.41) is 11.1. The number of aliphatic imine (C=N–C) groups is 1. The van der Waals surface area contributed by atoms with Crippen molar-refractivity contribution >= 4 is 69.4 Å². The molecule has 3 aromatic carbocycles. The average molecular weight is 571 g/mol. The smallest absolute Gasteiger partial charge is 0.266 e. The van der Waals surface area contributed by atoms with Gasteiger partial charge in [0.2, 0.25) is 0 Å². The lowest BCUT2D eigenvalue weighted by Gasteiger charge is -2.17. The van der Waals surface area contributed by atoms with Crippen LogP contribution < -0.4 is 4.74 Å². The summed E-state index contributed by atoms with van der Waals surface area (Å²) in [6.45, 7) is 4.78. The minimum absolute atomic E-state index is 0.132. The number of carbonyl (C=O) groups is 1. The lowest BCUT2D eigenvalue weighted by Crippen LogP contribution is -2.32. The van der Waals surface area contributed by atoms with Crippen molar-refractivity contribution in [2.24, 2.45) is 10.9 Å². The second-order valence-electron chi connectivity index (χ2n) is 8.66. The van der Waals surface area contributed by atoms with Crippen LogP contribution in [0.1, 0.15) is 30.5 Å². The van der Waals surface area contributed by atoms with E-state index >= 15 is 0 Å². The molecule has 0 atom stereocenters. The highest BCUT2D eigenvalue weighted by molar-refractivity contribution is 8.18. The number of thioether (sulfide) groups is 1. The van der Waals surface area contributed by atoms with E-state index < -0.39 is 0 Å². The molecule has 0 radical (unpaired) electrons. The standard InChI is InChI=1S/C28H22Cl3N3O2S/c1-17(2)15-34-27(35)25(37-28(34)33-22-9-7-21(29)8-10-22)13-18-11-23(30)26(24(31)12-18)36-16-20-6-4-3-5-19(20)14-32/h3-13,17H,15-16H2,1-2H3/b25-13-,33-28?. The van der Waals surface area contributed by atoms with Gasteiger partial charge in [0.25, 0.3) is 5.91 Å². The maximum atomic E-state index is 13.3. The number of ether oxygens (including phenoxy) is 1. The van der Waals surface area contributed by atoms with Crippen molar-refractivity contribution in [2.75, 3.05) is 6.54 Å². The molecule has 188 valence electrons. The summed E-state index contributed by atoms with van der Waals surface area (Å²) in [7, 11) is 0. The first-order chi connectivity index (χ1) is 17.7. The molecule has 4 rings (SSSR count). The zero-order chi connectivity index (χ0) is 26.5. The van der Waals surface area contributed by atoms with Gasteiger partial charge in [-0.1, -0.05) is 66.8 Å². The molecular weight excluding hydrogens is 549 g/mol. The molecule has 1 aliphatic rings. The Kier molecular flexibility index (Phi) is 8.83. The number of rotatable bonds is 7. The Morgan fingerprint density at radius 2 is 1.76 bits per heavy atom. The van der Waals surface area contributed by atoms with Crippen molar-refractivity contribution < 1.29 is 9.53 Å². The van der Waals surface area contributed by atoms with E-state index in [9.17, 15) is 10.1 Å². The van der Waals surface area contributed by atoms with Crippen LogP contribution in [0.4, 0.5) is 5.69 Å². The highest BCUT2D eigenvalue weighted by Gasteiger charge is 2.33. The van der Waals surface area contributed by atoms with E-state index in [0.29, 0.717) is 54.2 Å². The summed E-state index contributed by atoms with van der Waals surface area (Å²) >= 11 is 20.3. The van der Waals surface area contributed by atoms with Crippen molar-refractivity contribution in [1.29, 1.82) is 5.26 Å². The van der Waals surface area contributed by atoms with Crippen LogP contribution in [0, 0.1) is 17.2 Å². The van der Waals surface area contributed by atoms with Crippen molar-refractivity contribution in [2.45, 2.75) is 20.5 Å². The fourth-order valence-electron chi connectivity index (χ4n) is 3.60. The Morgan fingerprint density at radius 1 is 1.08 bits per heavy atom. The van der Waals surface area contributed by atoms with Crippen LogP contribution in [0.25, 0.3) is 6.08 Å². The molecule has 0 aliphatic carbocycles. The van der Waals surface area contributed by atoms with Gasteiger partial charge in [-0.3, -0.25) is 9.69 Å². The van der Waals surface area contributed by atoms with Gasteiger partial charge in [-0.2, -0.15) is 5.26 Å². The topological polar surface area (TPSA) is 65.7 Å². The number of amidine groups is 1. The summed E-state index contributed by atoms with van der Waals surface area (Å²) < 4.78 is 5.85. The minimum Gasteiger partial charge on any atom is -0.486 e. The molecule has 5 nitrogen and oxygen atoms in total. The summed E-state index contributed by atoms with van der Waals surface area (Å²) in [6, 6.07) is 19.8. The Hall–Kier alpha value is -2.95. The monoisotopic (exact) mass is 569 g/mol. The van der Waals surface area contributed by atoms with E-state index in [4.69, 9.17) is 39.5 Å². The number of nitriles is 1. The van der Waals surface area contributed by atoms with E-state index in [2.05, 4.69) is 11.1 Å². The van der Waals surface area contributed by atoms with Gasteiger partial charge in [0, 0.05) is 17.1 Å². The van der Waals surface area contributed by atoms with E-state index in [1.807, 2.05) is 38.1 Å². The molecule has 1 fully saturated rings. The van der Waals surface area contributed by atoms with E-state index in [1.165, 1.54) is 11.8 Å². The van der Waals surface area contributed by atoms with E-state index in [0.717, 1.165) is 5.56 Å². The lowest BCUT2D eigenvalue weighted by molar-refractivity contribution is -0.122. The fourth-order valence-corrected chi connectivity index (χ4v) is 5.35. The lowest BCUT2D eigenvalue weighted by atomic mass is 10.1. The fraction of sp³-hybridized carbons (Fsp3) is 0.179. The highest BCUT2D eigenvalue weighted by Crippen LogP contribution is 2.38. The SMILES string of the molecule is CC(C)CN1C(=O)/C(=C/c2cc(Cl)c(OCc3ccccc3C#N)c(Cl)c2)SC1=Nc1ccc(Cl)cc1. The highest BCUT2D eigenvalue weighted by atomic mass is 35.5. The summed E-state index contributed by atoms with van der Waals surface area (Å²) in [5.41, 5.74) is 2.62. The average Bonchev–Trinajstić information content (AvgIpc) is 3.13. The third-order valence-corrected chi connectivity index (χ3v) is 7.14. The Balaban J connectivity index is 1.59. The van der Waals surface area contributed by atoms with Crippen LogP contribution in [0.15, 0.2) is 70.6 Å². The molecule has 1 heterocycles.